The number of carbonyl (C=O) groups excluding carboxylic acids is 3. The first-order chi connectivity index (χ1) is 11.8. The predicted octanol–water partition coefficient (Wildman–Crippen LogP) is 0.589. The van der Waals surface area contributed by atoms with Crippen molar-refractivity contribution in [3.63, 3.8) is 0 Å². The van der Waals surface area contributed by atoms with Gasteiger partial charge in [-0.05, 0) is 45.0 Å². The zero-order chi connectivity index (χ0) is 18.4. The van der Waals surface area contributed by atoms with Crippen LogP contribution >= 0.6 is 0 Å². The van der Waals surface area contributed by atoms with Crippen molar-refractivity contribution < 1.29 is 14.4 Å². The average Bonchev–Trinajstić information content (AvgIpc) is 2.57. The number of anilines is 1. The average molecular weight is 346 g/mol. The second kappa shape index (κ2) is 8.62. The minimum atomic E-state index is -0.268. The van der Waals surface area contributed by atoms with Gasteiger partial charge in [0.05, 0.1) is 13.1 Å². The summed E-state index contributed by atoms with van der Waals surface area (Å²) in [5, 5.41) is 2.78. The van der Waals surface area contributed by atoms with Gasteiger partial charge in [-0.15, -0.1) is 0 Å². The maximum absolute atomic E-state index is 12.3. The Kier molecular flexibility index (Phi) is 6.52. The number of rotatable bonds is 6. The monoisotopic (exact) mass is 346 g/mol. The van der Waals surface area contributed by atoms with Gasteiger partial charge in [0.15, 0.2) is 0 Å². The highest BCUT2D eigenvalue weighted by atomic mass is 16.2. The van der Waals surface area contributed by atoms with Crippen LogP contribution in [0.5, 0.6) is 0 Å². The summed E-state index contributed by atoms with van der Waals surface area (Å²) >= 11 is 0. The molecule has 0 aliphatic carbocycles. The third-order valence-electron chi connectivity index (χ3n) is 4.49. The van der Waals surface area contributed by atoms with Crippen molar-refractivity contribution >= 4 is 23.4 Å². The molecule has 1 aromatic carbocycles. The zero-order valence-corrected chi connectivity index (χ0v) is 14.8. The van der Waals surface area contributed by atoms with Gasteiger partial charge in [-0.2, -0.15) is 0 Å². The summed E-state index contributed by atoms with van der Waals surface area (Å²) in [4.78, 5) is 38.9. The molecule has 7 nitrogen and oxygen atoms in total. The molecule has 1 aliphatic heterocycles. The number of nitrogens with one attached hydrogen (secondary N) is 1. The number of likely N-dealkylation sites (tertiary alicyclic amines) is 1. The smallest absolute Gasteiger partial charge is 0.243 e. The van der Waals surface area contributed by atoms with Crippen molar-refractivity contribution in [2.75, 3.05) is 38.5 Å². The molecule has 3 N–H and O–H groups in total. The molecular weight excluding hydrogens is 320 g/mol. The van der Waals surface area contributed by atoms with Gasteiger partial charge in [0.25, 0.3) is 0 Å². The van der Waals surface area contributed by atoms with Crippen LogP contribution in [0.25, 0.3) is 0 Å². The fraction of sp³-hybridized carbons (Fsp3) is 0.500. The summed E-state index contributed by atoms with van der Waals surface area (Å²) in [6.07, 6.45) is 1.36. The summed E-state index contributed by atoms with van der Waals surface area (Å²) < 4.78 is 0. The highest BCUT2D eigenvalue weighted by Crippen LogP contribution is 2.16. The van der Waals surface area contributed by atoms with Gasteiger partial charge in [-0.3, -0.25) is 19.3 Å². The number of primary amides is 1. The first kappa shape index (κ1) is 18.9. The summed E-state index contributed by atoms with van der Waals surface area (Å²) in [6, 6.07) is 7.50. The molecule has 25 heavy (non-hydrogen) atoms. The molecule has 1 saturated heterocycles. The molecule has 136 valence electrons. The lowest BCUT2D eigenvalue weighted by Gasteiger charge is -2.31. The van der Waals surface area contributed by atoms with Crippen LogP contribution in [-0.4, -0.2) is 60.7 Å². The van der Waals surface area contributed by atoms with Crippen LogP contribution in [0.3, 0.4) is 0 Å². The van der Waals surface area contributed by atoms with Crippen LogP contribution in [0.4, 0.5) is 5.69 Å². The van der Waals surface area contributed by atoms with Gasteiger partial charge < -0.3 is 16.0 Å². The van der Waals surface area contributed by atoms with E-state index in [0.29, 0.717) is 31.6 Å². The van der Waals surface area contributed by atoms with Crippen molar-refractivity contribution in [3.05, 3.63) is 29.8 Å². The summed E-state index contributed by atoms with van der Waals surface area (Å²) in [5.41, 5.74) is 7.14. The fourth-order valence-corrected chi connectivity index (χ4v) is 2.83. The number of hydrogen-bond acceptors (Lipinski definition) is 4. The number of benzene rings is 1. The molecule has 3 amide bonds. The Balaban J connectivity index is 1.75. The molecule has 0 bridgehead atoms. The molecule has 0 saturated carbocycles. The van der Waals surface area contributed by atoms with E-state index < -0.39 is 0 Å². The second-order valence-corrected chi connectivity index (χ2v) is 6.62. The summed E-state index contributed by atoms with van der Waals surface area (Å²) in [7, 11) is 1.62. The molecule has 7 heteroatoms. The van der Waals surface area contributed by atoms with E-state index in [1.807, 2.05) is 36.1 Å². The van der Waals surface area contributed by atoms with E-state index in [2.05, 4.69) is 5.32 Å². The normalized spacial score (nSPS) is 15.6. The van der Waals surface area contributed by atoms with Crippen LogP contribution in [0.2, 0.25) is 0 Å². The highest BCUT2D eigenvalue weighted by molar-refractivity contribution is 5.94. The number of nitrogens with zero attached hydrogens (tertiary/aromatic N) is 2. The second-order valence-electron chi connectivity index (χ2n) is 6.62. The van der Waals surface area contributed by atoms with Gasteiger partial charge in [0, 0.05) is 18.7 Å². The van der Waals surface area contributed by atoms with Crippen LogP contribution < -0.4 is 11.1 Å². The first-order valence-corrected chi connectivity index (χ1v) is 8.47. The molecule has 0 atom stereocenters. The van der Waals surface area contributed by atoms with Crippen LogP contribution in [0.1, 0.15) is 18.4 Å². The summed E-state index contributed by atoms with van der Waals surface area (Å²) in [6.45, 7) is 3.57. The molecule has 0 radical (unpaired) electrons. The molecule has 1 fully saturated rings. The fourth-order valence-electron chi connectivity index (χ4n) is 2.83. The molecular formula is C18H26N4O3. The molecule has 1 aliphatic rings. The van der Waals surface area contributed by atoms with Crippen molar-refractivity contribution in [1.29, 1.82) is 0 Å². The number of hydrogen-bond donors (Lipinski definition) is 2. The Morgan fingerprint density at radius 2 is 1.80 bits per heavy atom. The van der Waals surface area contributed by atoms with E-state index in [9.17, 15) is 14.4 Å². The highest BCUT2D eigenvalue weighted by Gasteiger charge is 2.25. The zero-order valence-electron chi connectivity index (χ0n) is 14.8. The third kappa shape index (κ3) is 5.86. The summed E-state index contributed by atoms with van der Waals surface area (Å²) in [5.74, 6) is -0.705. The Hall–Kier alpha value is -2.41. The number of carbonyl (C=O) groups is 3. The van der Waals surface area contributed by atoms with E-state index >= 15 is 0 Å². The lowest BCUT2D eigenvalue weighted by molar-refractivity contribution is -0.134. The molecule has 1 heterocycles. The maximum atomic E-state index is 12.3. The molecule has 0 spiro atoms. The molecule has 0 aromatic heterocycles. The van der Waals surface area contributed by atoms with Crippen molar-refractivity contribution in [1.82, 2.24) is 9.80 Å². The number of likely N-dealkylation sites (N-methyl/N-ethyl adjacent to an activating group) is 1. The van der Waals surface area contributed by atoms with Crippen molar-refractivity contribution in [2.45, 2.75) is 19.8 Å². The molecule has 2 rings (SSSR count). The Labute approximate surface area is 148 Å². The Morgan fingerprint density at radius 3 is 2.36 bits per heavy atom. The van der Waals surface area contributed by atoms with Gasteiger partial charge >= 0.3 is 0 Å². The number of piperidine rings is 1. The predicted molar refractivity (Wildman–Crippen MR) is 95.8 cm³/mol. The van der Waals surface area contributed by atoms with Gasteiger partial charge in [0.2, 0.25) is 17.7 Å². The SMILES string of the molecule is Cc1ccc(NC(=O)CN(C)C(=O)CN2CCC(C(N)=O)CC2)cc1. The van der Waals surface area contributed by atoms with Crippen LogP contribution in [0, 0.1) is 12.8 Å². The van der Waals surface area contributed by atoms with Gasteiger partial charge in [-0.1, -0.05) is 17.7 Å². The van der Waals surface area contributed by atoms with E-state index in [1.165, 1.54) is 4.90 Å². The molecule has 0 unspecified atom stereocenters. The number of aryl methyl sites for hydroxylation is 1. The lowest BCUT2D eigenvalue weighted by atomic mass is 9.96. The standard InChI is InChI=1S/C18H26N4O3/c1-13-3-5-15(6-4-13)20-16(23)11-21(2)17(24)12-22-9-7-14(8-10-22)18(19)25/h3-6,14H,7-12H2,1-2H3,(H2,19,25)(H,20,23). The third-order valence-corrected chi connectivity index (χ3v) is 4.49. The van der Waals surface area contributed by atoms with E-state index in [1.54, 1.807) is 7.05 Å². The molecule has 1 aromatic rings. The first-order valence-electron chi connectivity index (χ1n) is 8.47. The minimum Gasteiger partial charge on any atom is -0.369 e. The Morgan fingerprint density at radius 1 is 1.20 bits per heavy atom. The largest absolute Gasteiger partial charge is 0.369 e. The maximum Gasteiger partial charge on any atom is 0.243 e. The topological polar surface area (TPSA) is 95.7 Å². The van der Waals surface area contributed by atoms with Gasteiger partial charge in [-0.25, -0.2) is 0 Å². The number of nitrogens with two attached hydrogens (primary N) is 1. The lowest BCUT2D eigenvalue weighted by Crippen LogP contribution is -2.45. The number of amides is 3. The van der Waals surface area contributed by atoms with E-state index in [-0.39, 0.29) is 36.7 Å². The quantitative estimate of drug-likeness (QED) is 0.788. The van der Waals surface area contributed by atoms with Crippen LogP contribution in [-0.2, 0) is 14.4 Å². The Bertz CT molecular complexity index is 622. The van der Waals surface area contributed by atoms with Gasteiger partial charge in [0.1, 0.15) is 0 Å². The van der Waals surface area contributed by atoms with Crippen molar-refractivity contribution in [2.24, 2.45) is 11.7 Å². The van der Waals surface area contributed by atoms with Crippen molar-refractivity contribution in [3.8, 4) is 0 Å². The van der Waals surface area contributed by atoms with E-state index in [0.717, 1.165) is 5.56 Å². The van der Waals surface area contributed by atoms with E-state index in [4.69, 9.17) is 5.73 Å². The van der Waals surface area contributed by atoms with Crippen LogP contribution in [0.15, 0.2) is 24.3 Å². The minimum absolute atomic E-state index is 0.00443.